The fraction of sp³-hybridized carbons (Fsp3) is 0.821. The molecule has 1 heterocycles. The lowest BCUT2D eigenvalue weighted by atomic mass is 9.99. The molecule has 6 N–H and O–H groups in total. The van der Waals surface area contributed by atoms with Gasteiger partial charge in [0.1, 0.15) is 24.4 Å². The van der Waals surface area contributed by atoms with Crippen LogP contribution in [0.2, 0.25) is 0 Å². The van der Waals surface area contributed by atoms with E-state index in [2.05, 4.69) is 74.7 Å². The molecule has 1 fully saturated rings. The van der Waals surface area contributed by atoms with Gasteiger partial charge in [-0.2, -0.15) is 0 Å². The number of hydrogen-bond donors (Lipinski definition) is 6. The Balaban J connectivity index is 2.66. The fourth-order valence-corrected chi connectivity index (χ4v) is 9.95. The Morgan fingerprint density at radius 1 is 0.500 bits per heavy atom. The van der Waals surface area contributed by atoms with E-state index in [1.807, 2.05) is 6.08 Å². The van der Waals surface area contributed by atoms with E-state index in [9.17, 15) is 35.1 Å². The Morgan fingerprint density at radius 2 is 0.885 bits per heavy atom. The number of esters is 1. The van der Waals surface area contributed by atoms with Gasteiger partial charge in [0.25, 0.3) is 0 Å². The molecule has 0 aromatic carbocycles. The smallest absolute Gasteiger partial charge is 0.306 e. The number of nitrogens with one attached hydrogen (secondary N) is 1. The van der Waals surface area contributed by atoms with E-state index >= 15 is 0 Å². The summed E-state index contributed by atoms with van der Waals surface area (Å²) in [7, 11) is 0. The molecule has 1 saturated heterocycles. The van der Waals surface area contributed by atoms with Crippen molar-refractivity contribution in [2.24, 2.45) is 0 Å². The first-order valence-electron chi connectivity index (χ1n) is 32.6. The van der Waals surface area contributed by atoms with E-state index in [1.165, 1.54) is 161 Å². The summed E-state index contributed by atoms with van der Waals surface area (Å²) < 4.78 is 17.6. The van der Waals surface area contributed by atoms with Gasteiger partial charge in [-0.25, -0.2) is 0 Å². The quantitative estimate of drug-likeness (QED) is 0.0195. The number of carbonyl (C=O) groups is 2. The van der Waals surface area contributed by atoms with Crippen molar-refractivity contribution in [3.05, 3.63) is 60.8 Å². The van der Waals surface area contributed by atoms with Gasteiger partial charge >= 0.3 is 5.97 Å². The predicted molar refractivity (Wildman–Crippen MR) is 324 cm³/mol. The molecule has 1 rings (SSSR count). The van der Waals surface area contributed by atoms with E-state index in [4.69, 9.17) is 14.2 Å². The first kappa shape index (κ1) is 73.4. The van der Waals surface area contributed by atoms with Crippen molar-refractivity contribution in [2.75, 3.05) is 13.2 Å². The average molecular weight is 1100 g/mol. The SMILES string of the molecule is CCCCC/C=C\C/C=C\C/C=C\CCCCCCCC(O)C(=O)NC(COC1OC(CO)C(O)C(O)C1OC(=O)CCCCCCCCCCC/C=C/CCCCCCCC)C(O)/C=C/CCCCCCCCCCCC. The zero-order valence-corrected chi connectivity index (χ0v) is 50.3. The number of aliphatic hydroxyl groups excluding tert-OH is 5. The van der Waals surface area contributed by atoms with Gasteiger partial charge in [0.05, 0.1) is 25.4 Å². The number of unbranched alkanes of at least 4 members (excludes halogenated alkanes) is 33. The monoisotopic (exact) mass is 1100 g/mol. The Labute approximate surface area is 478 Å². The van der Waals surface area contributed by atoms with Crippen molar-refractivity contribution < 1.29 is 49.3 Å². The van der Waals surface area contributed by atoms with Crippen LogP contribution in [0, 0.1) is 0 Å². The molecule has 0 bridgehead atoms. The maximum absolute atomic E-state index is 13.4. The molecule has 11 heteroatoms. The van der Waals surface area contributed by atoms with Crippen molar-refractivity contribution in [3.63, 3.8) is 0 Å². The van der Waals surface area contributed by atoms with Crippen molar-refractivity contribution in [3.8, 4) is 0 Å². The summed E-state index contributed by atoms with van der Waals surface area (Å²) in [5.41, 5.74) is 0. The van der Waals surface area contributed by atoms with Gasteiger partial charge in [0.15, 0.2) is 12.4 Å². The van der Waals surface area contributed by atoms with Gasteiger partial charge in [-0.05, 0) is 89.9 Å². The second-order valence-corrected chi connectivity index (χ2v) is 22.5. The molecule has 0 radical (unpaired) electrons. The molecule has 0 aromatic rings. The van der Waals surface area contributed by atoms with Gasteiger partial charge in [-0.1, -0.05) is 255 Å². The lowest BCUT2D eigenvalue weighted by Gasteiger charge is -2.41. The van der Waals surface area contributed by atoms with Crippen molar-refractivity contribution in [1.29, 1.82) is 0 Å². The molecule has 1 amide bonds. The van der Waals surface area contributed by atoms with Crippen LogP contribution in [-0.4, -0.2) is 99.6 Å². The van der Waals surface area contributed by atoms with Gasteiger partial charge in [-0.15, -0.1) is 0 Å². The summed E-state index contributed by atoms with van der Waals surface area (Å²) in [5.74, 6) is -1.21. The largest absolute Gasteiger partial charge is 0.454 e. The number of amides is 1. The second kappa shape index (κ2) is 54.9. The molecule has 11 nitrogen and oxygen atoms in total. The summed E-state index contributed by atoms with van der Waals surface area (Å²) in [6.45, 7) is 5.76. The maximum atomic E-state index is 13.4. The molecule has 8 atom stereocenters. The Hall–Kier alpha value is -2.64. The van der Waals surface area contributed by atoms with Crippen LogP contribution in [0.4, 0.5) is 0 Å². The highest BCUT2D eigenvalue weighted by atomic mass is 16.7. The third-order valence-corrected chi connectivity index (χ3v) is 15.1. The predicted octanol–water partition coefficient (Wildman–Crippen LogP) is 15.8. The van der Waals surface area contributed by atoms with Crippen molar-refractivity contribution in [1.82, 2.24) is 5.32 Å². The first-order chi connectivity index (χ1) is 38.2. The van der Waals surface area contributed by atoms with E-state index in [0.29, 0.717) is 12.8 Å². The Kier molecular flexibility index (Phi) is 51.7. The van der Waals surface area contributed by atoms with Crippen LogP contribution >= 0.6 is 0 Å². The van der Waals surface area contributed by atoms with Gasteiger partial charge in [0.2, 0.25) is 5.91 Å². The topological polar surface area (TPSA) is 175 Å². The Bertz CT molecular complexity index is 1500. The molecule has 1 aliphatic heterocycles. The summed E-state index contributed by atoms with van der Waals surface area (Å²) in [6, 6.07) is -1.03. The van der Waals surface area contributed by atoms with Crippen LogP contribution in [0.1, 0.15) is 290 Å². The number of carbonyl (C=O) groups excluding carboxylic acids is 2. The second-order valence-electron chi connectivity index (χ2n) is 22.5. The summed E-state index contributed by atoms with van der Waals surface area (Å²) in [6.07, 6.45) is 58.2. The lowest BCUT2D eigenvalue weighted by molar-refractivity contribution is -0.305. The number of allylic oxidation sites excluding steroid dienone is 9. The molecule has 1 aliphatic rings. The minimum Gasteiger partial charge on any atom is -0.454 e. The maximum Gasteiger partial charge on any atom is 0.306 e. The highest BCUT2D eigenvalue weighted by molar-refractivity contribution is 5.80. The number of hydrogen-bond acceptors (Lipinski definition) is 10. The van der Waals surface area contributed by atoms with E-state index < -0.39 is 67.4 Å². The van der Waals surface area contributed by atoms with E-state index in [-0.39, 0.29) is 19.4 Å². The molecule has 0 aliphatic carbocycles. The zero-order valence-electron chi connectivity index (χ0n) is 50.3. The van der Waals surface area contributed by atoms with Gasteiger partial charge in [-0.3, -0.25) is 9.59 Å². The minimum absolute atomic E-state index is 0.119. The molecular formula is C67H121NO10. The lowest BCUT2D eigenvalue weighted by Crippen LogP contribution is -2.61. The minimum atomic E-state index is -1.62. The number of ether oxygens (including phenoxy) is 3. The number of rotatable bonds is 55. The first-order valence-corrected chi connectivity index (χ1v) is 32.6. The standard InChI is InChI=1S/C67H121NO10/c1-4-7-10-13-16-19-22-25-27-29-31-33-35-37-40-43-46-49-52-55-62(72)78-65-64(74)63(73)61(56-69)77-67(65)76-57-58(59(70)53-50-47-44-41-38-24-21-18-15-12-9-6-3)68-66(75)60(71)54-51-48-45-42-39-36-34-32-30-28-26-23-20-17-14-11-8-5-2/h17,20,25-28,32,34,50,53,58-61,63-65,67,69-71,73-74H,4-16,18-19,21-24,29-31,33,35-49,51-52,54-57H2,1-3H3,(H,68,75)/b20-17-,27-25+,28-26-,34-32-,53-50+. The highest BCUT2D eigenvalue weighted by Gasteiger charge is 2.47. The molecule has 454 valence electrons. The Morgan fingerprint density at radius 3 is 1.36 bits per heavy atom. The van der Waals surface area contributed by atoms with Crippen LogP contribution in [0.5, 0.6) is 0 Å². The van der Waals surface area contributed by atoms with Crippen molar-refractivity contribution in [2.45, 2.75) is 339 Å². The third kappa shape index (κ3) is 42.2. The third-order valence-electron chi connectivity index (χ3n) is 15.1. The van der Waals surface area contributed by atoms with Crippen LogP contribution in [-0.2, 0) is 23.8 Å². The molecule has 0 spiro atoms. The van der Waals surface area contributed by atoms with Crippen molar-refractivity contribution >= 4 is 11.9 Å². The fourth-order valence-electron chi connectivity index (χ4n) is 9.95. The van der Waals surface area contributed by atoms with E-state index in [0.717, 1.165) is 83.5 Å². The van der Waals surface area contributed by atoms with Crippen LogP contribution in [0.3, 0.4) is 0 Å². The molecule has 0 saturated carbocycles. The van der Waals surface area contributed by atoms with Gasteiger partial charge in [0, 0.05) is 6.42 Å². The molecule has 8 unspecified atom stereocenters. The van der Waals surface area contributed by atoms with Crippen LogP contribution in [0.25, 0.3) is 0 Å². The van der Waals surface area contributed by atoms with E-state index in [1.54, 1.807) is 6.08 Å². The van der Waals surface area contributed by atoms with Gasteiger partial charge < -0.3 is 45.1 Å². The average Bonchev–Trinajstić information content (AvgIpc) is 3.44. The van der Waals surface area contributed by atoms with Crippen LogP contribution < -0.4 is 5.32 Å². The zero-order chi connectivity index (χ0) is 56.8. The molecular weight excluding hydrogens is 979 g/mol. The summed E-state index contributed by atoms with van der Waals surface area (Å²) >= 11 is 0. The molecule has 78 heavy (non-hydrogen) atoms. The molecule has 0 aromatic heterocycles. The highest BCUT2D eigenvalue weighted by Crippen LogP contribution is 2.26. The number of aliphatic hydroxyl groups is 5. The normalized spacial score (nSPS) is 19.3. The summed E-state index contributed by atoms with van der Waals surface area (Å²) in [5, 5.41) is 57.0. The van der Waals surface area contributed by atoms with Crippen LogP contribution in [0.15, 0.2) is 60.8 Å². The summed E-state index contributed by atoms with van der Waals surface area (Å²) in [4.78, 5) is 26.6.